The lowest BCUT2D eigenvalue weighted by molar-refractivity contribution is 0.376. The number of aromatic nitrogens is 2. The van der Waals surface area contributed by atoms with Crippen LogP contribution in [-0.4, -0.2) is 29.8 Å². The Morgan fingerprint density at radius 2 is 2.09 bits per heavy atom. The minimum Gasteiger partial charge on any atom is -0.497 e. The van der Waals surface area contributed by atoms with E-state index in [1.807, 2.05) is 24.3 Å². The van der Waals surface area contributed by atoms with Crippen LogP contribution in [0.1, 0.15) is 17.3 Å². The van der Waals surface area contributed by atoms with Gasteiger partial charge in [0.1, 0.15) is 12.3 Å². The number of nitrogens with zero attached hydrogens (tertiary/aromatic N) is 3. The summed E-state index contributed by atoms with van der Waals surface area (Å²) in [6.07, 6.45) is 0.847. The fourth-order valence-electron chi connectivity index (χ4n) is 1.74. The van der Waals surface area contributed by atoms with Crippen LogP contribution in [0.5, 0.6) is 5.75 Å². The largest absolute Gasteiger partial charge is 0.497 e. The van der Waals surface area contributed by atoms with Gasteiger partial charge in [0.15, 0.2) is 11.8 Å². The molecule has 7 nitrogen and oxygen atoms in total. The number of aryl methyl sites for hydroxylation is 1. The lowest BCUT2D eigenvalue weighted by Crippen LogP contribution is -2.33. The van der Waals surface area contributed by atoms with E-state index in [1.165, 1.54) is 5.56 Å². The second kappa shape index (κ2) is 9.23. The number of nitrogens with two attached hydrogens (primary N) is 1. The topological polar surface area (TPSA) is 98.6 Å². The van der Waals surface area contributed by atoms with Crippen molar-refractivity contribution in [1.29, 1.82) is 0 Å². The van der Waals surface area contributed by atoms with E-state index in [0.717, 1.165) is 12.2 Å². The standard InChI is InChI=1S/C14H19N5O2.HI/c1-10-18-13(21-19-10)9-17-14(15)16-8-7-11-3-5-12(20-2)6-4-11;/h3-6H,7-9H2,1-2H3,(H3,15,16,17);1H. The van der Waals surface area contributed by atoms with Crippen LogP contribution in [0.2, 0.25) is 0 Å². The Kier molecular flexibility index (Phi) is 7.64. The summed E-state index contributed by atoms with van der Waals surface area (Å²) in [5.74, 6) is 2.25. The highest BCUT2D eigenvalue weighted by Crippen LogP contribution is 2.11. The molecule has 0 bridgehead atoms. The molecule has 0 fully saturated rings. The van der Waals surface area contributed by atoms with Crippen molar-refractivity contribution < 1.29 is 9.26 Å². The van der Waals surface area contributed by atoms with Crippen molar-refractivity contribution >= 4 is 29.9 Å². The van der Waals surface area contributed by atoms with Crippen LogP contribution < -0.4 is 15.8 Å². The fourth-order valence-corrected chi connectivity index (χ4v) is 1.74. The smallest absolute Gasteiger partial charge is 0.248 e. The van der Waals surface area contributed by atoms with Crippen LogP contribution in [0.3, 0.4) is 0 Å². The molecule has 1 aromatic heterocycles. The van der Waals surface area contributed by atoms with Gasteiger partial charge in [-0.3, -0.25) is 0 Å². The maximum absolute atomic E-state index is 5.77. The van der Waals surface area contributed by atoms with E-state index in [9.17, 15) is 0 Å². The molecule has 0 aliphatic heterocycles. The van der Waals surface area contributed by atoms with E-state index in [-0.39, 0.29) is 30.5 Å². The molecule has 0 saturated carbocycles. The molecule has 3 N–H and O–H groups in total. The Morgan fingerprint density at radius 1 is 1.36 bits per heavy atom. The van der Waals surface area contributed by atoms with Gasteiger partial charge < -0.3 is 20.3 Å². The van der Waals surface area contributed by atoms with Gasteiger partial charge in [-0.15, -0.1) is 24.0 Å². The highest BCUT2D eigenvalue weighted by atomic mass is 127. The molecule has 0 aliphatic rings. The summed E-state index contributed by atoms with van der Waals surface area (Å²) in [5, 5.41) is 6.73. The molecule has 0 saturated heterocycles. The zero-order valence-corrected chi connectivity index (χ0v) is 14.9. The van der Waals surface area contributed by atoms with Crippen LogP contribution in [0.15, 0.2) is 33.8 Å². The first kappa shape index (κ1) is 18.2. The maximum atomic E-state index is 5.77. The van der Waals surface area contributed by atoms with Crippen molar-refractivity contribution in [1.82, 2.24) is 15.5 Å². The Morgan fingerprint density at radius 3 is 2.68 bits per heavy atom. The summed E-state index contributed by atoms with van der Waals surface area (Å²) >= 11 is 0. The summed E-state index contributed by atoms with van der Waals surface area (Å²) in [4.78, 5) is 8.18. The van der Waals surface area contributed by atoms with Crippen LogP contribution in [-0.2, 0) is 13.0 Å². The number of halogens is 1. The third-order valence-corrected chi connectivity index (χ3v) is 2.83. The molecule has 0 spiro atoms. The normalized spacial score (nSPS) is 10.9. The Bertz CT molecular complexity index is 598. The number of nitrogens with one attached hydrogen (secondary N) is 1. The van der Waals surface area contributed by atoms with E-state index in [0.29, 0.717) is 24.2 Å². The van der Waals surface area contributed by atoms with Gasteiger partial charge in [-0.05, 0) is 31.0 Å². The van der Waals surface area contributed by atoms with Crippen molar-refractivity contribution in [2.24, 2.45) is 10.7 Å². The molecule has 2 aromatic rings. The van der Waals surface area contributed by atoms with E-state index in [1.54, 1.807) is 14.0 Å². The summed E-state index contributed by atoms with van der Waals surface area (Å²) in [6, 6.07) is 7.92. The molecule has 0 radical (unpaired) electrons. The summed E-state index contributed by atoms with van der Waals surface area (Å²) in [7, 11) is 1.65. The van der Waals surface area contributed by atoms with Gasteiger partial charge in [-0.1, -0.05) is 17.3 Å². The third-order valence-electron chi connectivity index (χ3n) is 2.83. The first-order valence-corrected chi connectivity index (χ1v) is 6.63. The van der Waals surface area contributed by atoms with Crippen LogP contribution in [0.4, 0.5) is 0 Å². The average molecular weight is 417 g/mol. The zero-order valence-electron chi connectivity index (χ0n) is 12.6. The number of ether oxygens (including phenoxy) is 1. The minimum absolute atomic E-state index is 0. The Balaban J connectivity index is 0.00000242. The number of hydrogen-bond acceptors (Lipinski definition) is 5. The SMILES string of the molecule is COc1ccc(CCNC(N)=NCc2nc(C)no2)cc1.I. The second-order valence-electron chi connectivity index (χ2n) is 4.46. The Hall–Kier alpha value is -1.84. The van der Waals surface area contributed by atoms with Crippen LogP contribution in [0.25, 0.3) is 0 Å². The van der Waals surface area contributed by atoms with Gasteiger partial charge in [0.05, 0.1) is 7.11 Å². The molecular formula is C14H20IN5O2. The molecule has 120 valence electrons. The lowest BCUT2D eigenvalue weighted by atomic mass is 10.1. The van der Waals surface area contributed by atoms with E-state index >= 15 is 0 Å². The van der Waals surface area contributed by atoms with Gasteiger partial charge >= 0.3 is 0 Å². The minimum atomic E-state index is 0. The molecule has 0 amide bonds. The summed E-state index contributed by atoms with van der Waals surface area (Å²) in [5.41, 5.74) is 6.96. The first-order chi connectivity index (χ1) is 10.2. The number of aliphatic imine (C=N–C) groups is 1. The molecule has 0 unspecified atom stereocenters. The molecule has 0 atom stereocenters. The molecule has 1 aromatic carbocycles. The first-order valence-electron chi connectivity index (χ1n) is 6.63. The molecule has 2 rings (SSSR count). The highest BCUT2D eigenvalue weighted by Gasteiger charge is 2.01. The second-order valence-corrected chi connectivity index (χ2v) is 4.46. The summed E-state index contributed by atoms with van der Waals surface area (Å²) in [6.45, 7) is 2.74. The number of benzene rings is 1. The van der Waals surface area contributed by atoms with Gasteiger partial charge in [0.25, 0.3) is 0 Å². The van der Waals surface area contributed by atoms with E-state index in [2.05, 4.69) is 20.4 Å². The third kappa shape index (κ3) is 5.88. The number of rotatable bonds is 6. The van der Waals surface area contributed by atoms with E-state index in [4.69, 9.17) is 15.0 Å². The number of guanidine groups is 1. The molecule has 8 heteroatoms. The van der Waals surface area contributed by atoms with Crippen molar-refractivity contribution in [3.8, 4) is 5.75 Å². The van der Waals surface area contributed by atoms with Crippen molar-refractivity contribution in [2.45, 2.75) is 19.9 Å². The monoisotopic (exact) mass is 417 g/mol. The van der Waals surface area contributed by atoms with Crippen LogP contribution in [0, 0.1) is 6.92 Å². The molecule has 1 heterocycles. The molecule has 0 aliphatic carbocycles. The van der Waals surface area contributed by atoms with Gasteiger partial charge in [-0.2, -0.15) is 4.98 Å². The highest BCUT2D eigenvalue weighted by molar-refractivity contribution is 14.0. The summed E-state index contributed by atoms with van der Waals surface area (Å²) < 4.78 is 10.1. The average Bonchev–Trinajstić information content (AvgIpc) is 2.91. The maximum Gasteiger partial charge on any atom is 0.248 e. The lowest BCUT2D eigenvalue weighted by Gasteiger charge is -2.06. The molecule has 22 heavy (non-hydrogen) atoms. The quantitative estimate of drug-likeness (QED) is 0.422. The van der Waals surface area contributed by atoms with Crippen molar-refractivity contribution in [3.05, 3.63) is 41.5 Å². The number of hydrogen-bond donors (Lipinski definition) is 2. The van der Waals surface area contributed by atoms with Gasteiger partial charge in [-0.25, -0.2) is 4.99 Å². The number of methoxy groups -OCH3 is 1. The van der Waals surface area contributed by atoms with E-state index < -0.39 is 0 Å². The van der Waals surface area contributed by atoms with Crippen LogP contribution >= 0.6 is 24.0 Å². The Labute approximate surface area is 146 Å². The van der Waals surface area contributed by atoms with Crippen molar-refractivity contribution in [3.63, 3.8) is 0 Å². The predicted octanol–water partition coefficient (Wildman–Crippen LogP) is 1.65. The van der Waals surface area contributed by atoms with Gasteiger partial charge in [0.2, 0.25) is 5.89 Å². The molecular weight excluding hydrogens is 397 g/mol. The predicted molar refractivity (Wildman–Crippen MR) is 94.5 cm³/mol. The zero-order chi connectivity index (χ0) is 15.1. The van der Waals surface area contributed by atoms with Crippen molar-refractivity contribution in [2.75, 3.05) is 13.7 Å². The fraction of sp³-hybridized carbons (Fsp3) is 0.357. The van der Waals surface area contributed by atoms with Gasteiger partial charge in [0, 0.05) is 6.54 Å².